The first kappa shape index (κ1) is 24.1. The molecule has 3 aliphatic rings. The highest BCUT2D eigenvalue weighted by Gasteiger charge is 2.33. The summed E-state index contributed by atoms with van der Waals surface area (Å²) in [5, 5.41) is 0. The van der Waals surface area contributed by atoms with Gasteiger partial charge in [0.05, 0.1) is 12.2 Å². The molecule has 3 rings (SSSR count). The summed E-state index contributed by atoms with van der Waals surface area (Å²) in [5.74, 6) is 1.84. The second-order valence-corrected chi connectivity index (χ2v) is 10.2. The monoisotopic (exact) mass is 432 g/mol. The minimum atomic E-state index is -4.56. The zero-order valence-electron chi connectivity index (χ0n) is 18.6. The van der Waals surface area contributed by atoms with Crippen LogP contribution in [0.3, 0.4) is 0 Å². The van der Waals surface area contributed by atoms with Crippen molar-refractivity contribution in [3.05, 3.63) is 11.9 Å². The highest BCUT2D eigenvalue weighted by Crippen LogP contribution is 2.42. The molecule has 3 fully saturated rings. The zero-order chi connectivity index (χ0) is 21.6. The van der Waals surface area contributed by atoms with E-state index >= 15 is 0 Å². The van der Waals surface area contributed by atoms with Crippen LogP contribution < -0.4 is 0 Å². The highest BCUT2D eigenvalue weighted by molar-refractivity contribution is 5.03. The molecule has 0 aromatic rings. The lowest BCUT2D eigenvalue weighted by Gasteiger charge is -2.38. The van der Waals surface area contributed by atoms with Gasteiger partial charge in [-0.05, 0) is 87.9 Å². The van der Waals surface area contributed by atoms with Gasteiger partial charge in [0.1, 0.15) is 5.83 Å². The SMILES string of the molecule is CCCC1CCC(C2CCC(COC3CCC(/C(F)=C/C(F)(F)F)CC3)CC2)CC1. The third-order valence-corrected chi connectivity index (χ3v) is 8.08. The molecule has 0 amide bonds. The second kappa shape index (κ2) is 11.3. The van der Waals surface area contributed by atoms with Crippen molar-refractivity contribution in [2.75, 3.05) is 6.61 Å². The van der Waals surface area contributed by atoms with Gasteiger partial charge < -0.3 is 4.74 Å². The van der Waals surface area contributed by atoms with Gasteiger partial charge in [-0.15, -0.1) is 0 Å². The zero-order valence-corrected chi connectivity index (χ0v) is 18.6. The molecular formula is C25H40F4O. The number of halogens is 4. The molecule has 0 aromatic heterocycles. The van der Waals surface area contributed by atoms with E-state index in [2.05, 4.69) is 6.92 Å². The summed E-state index contributed by atoms with van der Waals surface area (Å²) >= 11 is 0. The molecule has 0 atom stereocenters. The van der Waals surface area contributed by atoms with Gasteiger partial charge in [0.25, 0.3) is 0 Å². The van der Waals surface area contributed by atoms with Crippen LogP contribution in [0.15, 0.2) is 11.9 Å². The Morgan fingerprint density at radius 2 is 1.33 bits per heavy atom. The van der Waals surface area contributed by atoms with Crippen molar-refractivity contribution in [1.29, 1.82) is 0 Å². The summed E-state index contributed by atoms with van der Waals surface area (Å²) < 4.78 is 56.8. The fraction of sp³-hybridized carbons (Fsp3) is 0.920. The average Bonchev–Trinajstić information content (AvgIpc) is 2.73. The van der Waals surface area contributed by atoms with E-state index in [1.54, 1.807) is 0 Å². The van der Waals surface area contributed by atoms with Crippen molar-refractivity contribution in [1.82, 2.24) is 0 Å². The Kier molecular flexibility index (Phi) is 9.09. The Labute approximate surface area is 180 Å². The van der Waals surface area contributed by atoms with Gasteiger partial charge in [-0.1, -0.05) is 32.6 Å². The van der Waals surface area contributed by atoms with E-state index in [1.807, 2.05) is 0 Å². The lowest BCUT2D eigenvalue weighted by molar-refractivity contribution is -0.0823. The molecule has 0 radical (unpaired) electrons. The van der Waals surface area contributed by atoms with Gasteiger partial charge >= 0.3 is 6.18 Å². The topological polar surface area (TPSA) is 9.23 Å². The molecule has 1 nitrogen and oxygen atoms in total. The second-order valence-electron chi connectivity index (χ2n) is 10.2. The van der Waals surface area contributed by atoms with Crippen molar-refractivity contribution < 1.29 is 22.3 Å². The van der Waals surface area contributed by atoms with Crippen molar-refractivity contribution in [3.63, 3.8) is 0 Å². The highest BCUT2D eigenvalue weighted by atomic mass is 19.4. The van der Waals surface area contributed by atoms with E-state index in [-0.39, 0.29) is 12.2 Å². The van der Waals surface area contributed by atoms with Crippen molar-refractivity contribution in [3.8, 4) is 0 Å². The molecule has 0 saturated heterocycles. The van der Waals surface area contributed by atoms with Crippen LogP contribution in [-0.4, -0.2) is 18.9 Å². The molecule has 0 heterocycles. The smallest absolute Gasteiger partial charge is 0.378 e. The average molecular weight is 433 g/mol. The first-order chi connectivity index (χ1) is 14.3. The predicted octanol–water partition coefficient (Wildman–Crippen LogP) is 8.39. The first-order valence-corrected chi connectivity index (χ1v) is 12.4. The minimum Gasteiger partial charge on any atom is -0.378 e. The van der Waals surface area contributed by atoms with Gasteiger partial charge in [-0.25, -0.2) is 4.39 Å². The Bertz CT molecular complexity index is 520. The van der Waals surface area contributed by atoms with Crippen LogP contribution in [-0.2, 0) is 4.74 Å². The van der Waals surface area contributed by atoms with Crippen LogP contribution in [0.5, 0.6) is 0 Å². The molecule has 5 heteroatoms. The molecule has 0 aliphatic heterocycles. The lowest BCUT2D eigenvalue weighted by atomic mass is 9.69. The number of alkyl halides is 3. The van der Waals surface area contributed by atoms with Crippen LogP contribution in [0.2, 0.25) is 0 Å². The Hall–Kier alpha value is -0.580. The summed E-state index contributed by atoms with van der Waals surface area (Å²) in [6, 6.07) is 0. The van der Waals surface area contributed by atoms with Crippen LogP contribution in [0, 0.1) is 29.6 Å². The van der Waals surface area contributed by atoms with E-state index < -0.39 is 17.9 Å². The number of hydrogen-bond acceptors (Lipinski definition) is 1. The van der Waals surface area contributed by atoms with Crippen LogP contribution in [0.25, 0.3) is 0 Å². The van der Waals surface area contributed by atoms with Gasteiger partial charge in [-0.3, -0.25) is 0 Å². The summed E-state index contributed by atoms with van der Waals surface area (Å²) in [6.07, 6.45) is 11.2. The summed E-state index contributed by atoms with van der Waals surface area (Å²) in [5.41, 5.74) is 0. The molecule has 174 valence electrons. The largest absolute Gasteiger partial charge is 0.412 e. The molecule has 0 spiro atoms. The maximum Gasteiger partial charge on any atom is 0.412 e. The van der Waals surface area contributed by atoms with Gasteiger partial charge in [0, 0.05) is 12.5 Å². The molecule has 0 unspecified atom stereocenters. The van der Waals surface area contributed by atoms with Crippen LogP contribution in [0.1, 0.15) is 96.8 Å². The predicted molar refractivity (Wildman–Crippen MR) is 113 cm³/mol. The molecular weight excluding hydrogens is 392 g/mol. The Balaban J connectivity index is 1.30. The molecule has 0 N–H and O–H groups in total. The van der Waals surface area contributed by atoms with Gasteiger partial charge in [0.2, 0.25) is 0 Å². The Morgan fingerprint density at radius 3 is 1.83 bits per heavy atom. The van der Waals surface area contributed by atoms with E-state index in [9.17, 15) is 17.6 Å². The maximum atomic E-state index is 13.7. The molecule has 0 aromatic carbocycles. The van der Waals surface area contributed by atoms with E-state index in [0.29, 0.717) is 31.6 Å². The summed E-state index contributed by atoms with van der Waals surface area (Å²) in [6.45, 7) is 3.07. The standard InChI is InChI=1S/C25H40F4O/c1-2-3-18-4-8-20(9-5-18)21-10-6-19(7-11-21)17-30-23-14-12-22(13-15-23)24(26)16-25(27,28)29/h16,18-23H,2-15,17H2,1H3/b24-16-. The summed E-state index contributed by atoms with van der Waals surface area (Å²) in [7, 11) is 0. The lowest BCUT2D eigenvalue weighted by Crippen LogP contribution is -2.29. The normalized spacial score (nSPS) is 36.6. The van der Waals surface area contributed by atoms with E-state index in [0.717, 1.165) is 24.4 Å². The third kappa shape index (κ3) is 7.53. The number of rotatable bonds is 7. The van der Waals surface area contributed by atoms with Crippen LogP contribution in [0.4, 0.5) is 17.6 Å². The van der Waals surface area contributed by atoms with Crippen LogP contribution >= 0.6 is 0 Å². The molecule has 30 heavy (non-hydrogen) atoms. The van der Waals surface area contributed by atoms with Crippen molar-refractivity contribution in [2.45, 2.75) is 109 Å². The number of allylic oxidation sites excluding steroid dienone is 2. The Morgan fingerprint density at radius 1 is 0.800 bits per heavy atom. The first-order valence-electron chi connectivity index (χ1n) is 12.4. The minimum absolute atomic E-state index is 0.0894. The van der Waals surface area contributed by atoms with Gasteiger partial charge in [0.15, 0.2) is 0 Å². The maximum absolute atomic E-state index is 13.7. The van der Waals surface area contributed by atoms with Gasteiger partial charge in [-0.2, -0.15) is 13.2 Å². The summed E-state index contributed by atoms with van der Waals surface area (Å²) in [4.78, 5) is 0. The molecule has 0 bridgehead atoms. The third-order valence-electron chi connectivity index (χ3n) is 8.08. The quantitative estimate of drug-likeness (QED) is 0.367. The number of ether oxygens (including phenoxy) is 1. The van der Waals surface area contributed by atoms with Crippen molar-refractivity contribution >= 4 is 0 Å². The number of hydrogen-bond donors (Lipinski definition) is 0. The molecule has 3 aliphatic carbocycles. The van der Waals surface area contributed by atoms with Crippen molar-refractivity contribution in [2.24, 2.45) is 29.6 Å². The fourth-order valence-electron chi connectivity index (χ4n) is 6.23. The molecule has 3 saturated carbocycles. The fourth-order valence-corrected chi connectivity index (χ4v) is 6.23. The van der Waals surface area contributed by atoms with E-state index in [4.69, 9.17) is 4.74 Å². The van der Waals surface area contributed by atoms with E-state index in [1.165, 1.54) is 64.2 Å².